The number of rotatable bonds is 4. The van der Waals surface area contributed by atoms with E-state index in [1.807, 2.05) is 0 Å². The zero-order chi connectivity index (χ0) is 9.94. The molecule has 72 valence electrons. The van der Waals surface area contributed by atoms with Crippen molar-refractivity contribution in [1.29, 1.82) is 0 Å². The number of carbonyl (C=O) groups is 1. The first-order valence-electron chi connectivity index (χ1n) is 2.95. The van der Waals surface area contributed by atoms with Crippen LogP contribution in [0.15, 0.2) is 0 Å². The van der Waals surface area contributed by atoms with Gasteiger partial charge in [-0.2, -0.15) is 0 Å². The molecular formula is C4H10NO6P. The summed E-state index contributed by atoms with van der Waals surface area (Å²) in [6.07, 6.45) is 0. The Bertz CT molecular complexity index is 212. The zero-order valence-electron chi connectivity index (χ0n) is 5.99. The minimum atomic E-state index is -4.64. The second-order valence-electron chi connectivity index (χ2n) is 2.20. The molecule has 0 aromatic carbocycles. The largest absolute Gasteiger partial charge is 0.480 e. The van der Waals surface area contributed by atoms with Gasteiger partial charge >= 0.3 is 13.6 Å². The van der Waals surface area contributed by atoms with Gasteiger partial charge in [0.1, 0.15) is 11.7 Å². The number of nitrogens with two attached hydrogens (primary N) is 1. The maximum absolute atomic E-state index is 10.5. The molecule has 1 unspecified atom stereocenters. The minimum Gasteiger partial charge on any atom is -0.480 e. The van der Waals surface area contributed by atoms with E-state index in [9.17, 15) is 9.36 Å². The molecule has 0 aromatic rings. The molecule has 0 spiro atoms. The summed E-state index contributed by atoms with van der Waals surface area (Å²) in [4.78, 5) is 27.2. The molecule has 0 aliphatic carbocycles. The Balaban J connectivity index is 4.57. The third-order valence-electron chi connectivity index (χ3n) is 1.32. The van der Waals surface area contributed by atoms with E-state index in [0.717, 1.165) is 0 Å². The molecule has 0 radical (unpaired) electrons. The van der Waals surface area contributed by atoms with Gasteiger partial charge in [0, 0.05) is 0 Å². The van der Waals surface area contributed by atoms with Gasteiger partial charge in [-0.05, 0) is 0 Å². The summed E-state index contributed by atoms with van der Waals surface area (Å²) in [6.45, 7) is -0.961. The van der Waals surface area contributed by atoms with Gasteiger partial charge in [0.05, 0.1) is 6.61 Å². The van der Waals surface area contributed by atoms with Crippen LogP contribution in [0, 0.1) is 0 Å². The Labute approximate surface area is 68.0 Å². The number of aliphatic hydroxyl groups is 1. The third kappa shape index (κ3) is 2.88. The second-order valence-corrected chi connectivity index (χ2v) is 4.04. The van der Waals surface area contributed by atoms with E-state index in [4.69, 9.17) is 25.7 Å². The lowest BCUT2D eigenvalue weighted by atomic mass is 10.2. The molecule has 6 N–H and O–H groups in total. The Kier molecular flexibility index (Phi) is 3.82. The maximum atomic E-state index is 10.5. The highest BCUT2D eigenvalue weighted by Gasteiger charge is 2.37. The first-order valence-corrected chi connectivity index (χ1v) is 4.63. The quantitative estimate of drug-likeness (QED) is 0.327. The number of aliphatic carboxylic acids is 1. The molecule has 0 saturated carbocycles. The molecule has 0 aliphatic heterocycles. The molecule has 0 aromatic heterocycles. The van der Waals surface area contributed by atoms with Crippen LogP contribution in [0.5, 0.6) is 0 Å². The van der Waals surface area contributed by atoms with Gasteiger partial charge in [-0.15, -0.1) is 0 Å². The predicted octanol–water partition coefficient (Wildman–Crippen LogP) is -2.06. The van der Waals surface area contributed by atoms with Crippen LogP contribution in [0.3, 0.4) is 0 Å². The van der Waals surface area contributed by atoms with E-state index >= 15 is 0 Å². The van der Waals surface area contributed by atoms with Crippen molar-refractivity contribution in [2.45, 2.75) is 11.7 Å². The highest BCUT2D eigenvalue weighted by molar-refractivity contribution is 7.52. The van der Waals surface area contributed by atoms with Gasteiger partial charge in [0.25, 0.3) is 0 Å². The molecule has 2 atom stereocenters. The van der Waals surface area contributed by atoms with Gasteiger partial charge in [0.15, 0.2) is 0 Å². The Hall–Kier alpha value is -0.460. The van der Waals surface area contributed by atoms with Crippen molar-refractivity contribution in [3.05, 3.63) is 0 Å². The van der Waals surface area contributed by atoms with E-state index in [2.05, 4.69) is 0 Å². The molecule has 0 bridgehead atoms. The van der Waals surface area contributed by atoms with Crippen LogP contribution in [0.4, 0.5) is 0 Å². The smallest absolute Gasteiger partial charge is 0.333 e. The summed E-state index contributed by atoms with van der Waals surface area (Å²) in [5, 5.41) is 16.7. The summed E-state index contributed by atoms with van der Waals surface area (Å²) in [6, 6.07) is -1.75. The summed E-state index contributed by atoms with van der Waals surface area (Å²) >= 11 is 0. The topological polar surface area (TPSA) is 141 Å². The van der Waals surface area contributed by atoms with Crippen molar-refractivity contribution >= 4 is 13.6 Å². The molecule has 8 heteroatoms. The van der Waals surface area contributed by atoms with Crippen LogP contribution in [0.2, 0.25) is 0 Å². The summed E-state index contributed by atoms with van der Waals surface area (Å²) in [5.41, 5.74) is 3.16. The average molecular weight is 199 g/mol. The van der Waals surface area contributed by atoms with Crippen molar-refractivity contribution in [2.24, 2.45) is 5.73 Å². The lowest BCUT2D eigenvalue weighted by Crippen LogP contribution is -2.43. The molecule has 0 saturated heterocycles. The molecule has 0 aliphatic rings. The van der Waals surface area contributed by atoms with Crippen molar-refractivity contribution < 1.29 is 29.4 Å². The van der Waals surface area contributed by atoms with Gasteiger partial charge in [-0.3, -0.25) is 9.36 Å². The van der Waals surface area contributed by atoms with Gasteiger partial charge in [-0.25, -0.2) is 0 Å². The van der Waals surface area contributed by atoms with E-state index in [-0.39, 0.29) is 0 Å². The van der Waals surface area contributed by atoms with Crippen LogP contribution >= 0.6 is 7.60 Å². The molecule has 12 heavy (non-hydrogen) atoms. The Morgan fingerprint density at radius 2 is 1.92 bits per heavy atom. The number of carboxylic acids is 1. The maximum Gasteiger partial charge on any atom is 0.333 e. The first kappa shape index (κ1) is 11.5. The highest BCUT2D eigenvalue weighted by atomic mass is 31.2. The van der Waals surface area contributed by atoms with Crippen LogP contribution in [0.25, 0.3) is 0 Å². The van der Waals surface area contributed by atoms with Gasteiger partial charge in [-0.1, -0.05) is 0 Å². The monoisotopic (exact) mass is 199 g/mol. The van der Waals surface area contributed by atoms with Crippen LogP contribution in [-0.2, 0) is 9.36 Å². The molecule has 0 heterocycles. The molecular weight excluding hydrogens is 189 g/mol. The molecule has 0 rings (SSSR count). The SMILES string of the molecule is N[C@H](C(=O)O)C(CO)P(=O)(O)O. The van der Waals surface area contributed by atoms with Gasteiger partial charge < -0.3 is 25.7 Å². The fraction of sp³-hybridized carbons (Fsp3) is 0.750. The highest BCUT2D eigenvalue weighted by Crippen LogP contribution is 2.42. The van der Waals surface area contributed by atoms with E-state index < -0.39 is 31.9 Å². The van der Waals surface area contributed by atoms with Crippen molar-refractivity contribution in [3.8, 4) is 0 Å². The average Bonchev–Trinajstić information content (AvgIpc) is 1.85. The number of hydrogen-bond donors (Lipinski definition) is 5. The number of carboxylic acid groups (broad SMARTS) is 1. The molecule has 0 fully saturated rings. The second kappa shape index (κ2) is 3.97. The normalized spacial score (nSPS) is 17.0. The summed E-state index contributed by atoms with van der Waals surface area (Å²) < 4.78 is 10.5. The number of aliphatic hydroxyl groups excluding tert-OH is 1. The lowest BCUT2D eigenvalue weighted by Gasteiger charge is -2.18. The van der Waals surface area contributed by atoms with Gasteiger partial charge in [0.2, 0.25) is 0 Å². The van der Waals surface area contributed by atoms with E-state index in [1.54, 1.807) is 0 Å². The fourth-order valence-electron chi connectivity index (χ4n) is 0.594. The van der Waals surface area contributed by atoms with Crippen molar-refractivity contribution in [1.82, 2.24) is 0 Å². The predicted molar refractivity (Wildman–Crippen MR) is 38.5 cm³/mol. The van der Waals surface area contributed by atoms with Crippen LogP contribution in [0.1, 0.15) is 0 Å². The fourth-order valence-corrected chi connectivity index (χ4v) is 1.35. The standard InChI is InChI=1S/C4H10NO6P/c5-3(4(7)8)2(1-6)12(9,10)11/h2-3,6H,1,5H2,(H,7,8)(H2,9,10,11)/t2?,3-/m0/s1. The van der Waals surface area contributed by atoms with Crippen molar-refractivity contribution in [3.63, 3.8) is 0 Å². The molecule has 7 nitrogen and oxygen atoms in total. The lowest BCUT2D eigenvalue weighted by molar-refractivity contribution is -0.138. The van der Waals surface area contributed by atoms with Crippen LogP contribution in [-0.4, -0.2) is 44.3 Å². The number of hydrogen-bond acceptors (Lipinski definition) is 4. The van der Waals surface area contributed by atoms with E-state index in [1.165, 1.54) is 0 Å². The zero-order valence-corrected chi connectivity index (χ0v) is 6.89. The minimum absolute atomic E-state index is 0.961. The van der Waals surface area contributed by atoms with Crippen LogP contribution < -0.4 is 5.73 Å². The Morgan fingerprint density at radius 1 is 1.50 bits per heavy atom. The summed E-state index contributed by atoms with van der Waals surface area (Å²) in [5.74, 6) is -1.56. The van der Waals surface area contributed by atoms with E-state index in [0.29, 0.717) is 0 Å². The first-order chi connectivity index (χ1) is 5.30. The third-order valence-corrected chi connectivity index (χ3v) is 2.67. The van der Waals surface area contributed by atoms with Crippen molar-refractivity contribution in [2.75, 3.05) is 6.61 Å². The molecule has 0 amide bonds. The summed E-state index contributed by atoms with van der Waals surface area (Å²) in [7, 11) is -4.64. The Morgan fingerprint density at radius 3 is 2.00 bits per heavy atom.